The Morgan fingerprint density at radius 1 is 1.00 bits per heavy atom. The molecule has 1 rings (SSSR count). The molecule has 0 saturated carbocycles. The Morgan fingerprint density at radius 2 is 1.56 bits per heavy atom. The average molecular weight is 248 g/mol. The van der Waals surface area contributed by atoms with Gasteiger partial charge in [-0.3, -0.25) is 0 Å². The van der Waals surface area contributed by atoms with E-state index < -0.39 is 0 Å². The summed E-state index contributed by atoms with van der Waals surface area (Å²) >= 11 is 0. The molecule has 0 amide bonds. The van der Waals surface area contributed by atoms with Crippen molar-refractivity contribution < 1.29 is 0 Å². The first-order valence-electron chi connectivity index (χ1n) is 6.97. The molecule has 0 fully saturated rings. The van der Waals surface area contributed by atoms with E-state index in [1.54, 1.807) is 0 Å². The van der Waals surface area contributed by atoms with Crippen LogP contribution in [0.5, 0.6) is 0 Å². The van der Waals surface area contributed by atoms with E-state index >= 15 is 0 Å². The summed E-state index contributed by atoms with van der Waals surface area (Å²) in [6, 6.07) is 9.49. The quantitative estimate of drug-likeness (QED) is 0.796. The Kier molecular flexibility index (Phi) is 6.37. The number of rotatable bonds is 7. The molecule has 102 valence electrons. The van der Waals surface area contributed by atoms with Gasteiger partial charge in [0.25, 0.3) is 0 Å². The van der Waals surface area contributed by atoms with Gasteiger partial charge < -0.3 is 10.2 Å². The molecule has 0 spiro atoms. The minimum atomic E-state index is 0.543. The first-order valence-corrected chi connectivity index (χ1v) is 6.97. The maximum atomic E-state index is 3.44. The smallest absolute Gasteiger partial charge is 0.0230 e. The monoisotopic (exact) mass is 248 g/mol. The summed E-state index contributed by atoms with van der Waals surface area (Å²) in [5.74, 6) is 0.726. The van der Waals surface area contributed by atoms with E-state index in [1.165, 1.54) is 11.1 Å². The highest BCUT2D eigenvalue weighted by Crippen LogP contribution is 2.08. The van der Waals surface area contributed by atoms with Crippen LogP contribution in [0.3, 0.4) is 0 Å². The van der Waals surface area contributed by atoms with Crippen molar-refractivity contribution in [1.29, 1.82) is 0 Å². The SMILES string of the molecule is CC(C)CN(C)Cc1ccc(CNC(C)C)cc1. The molecule has 18 heavy (non-hydrogen) atoms. The van der Waals surface area contributed by atoms with Gasteiger partial charge in [-0.2, -0.15) is 0 Å². The zero-order valence-corrected chi connectivity index (χ0v) is 12.5. The molecule has 0 aliphatic heterocycles. The van der Waals surface area contributed by atoms with E-state index in [2.05, 4.69) is 69.2 Å². The minimum Gasteiger partial charge on any atom is -0.310 e. The number of nitrogens with zero attached hydrogens (tertiary/aromatic N) is 1. The average Bonchev–Trinajstić information content (AvgIpc) is 2.26. The zero-order chi connectivity index (χ0) is 13.5. The highest BCUT2D eigenvalue weighted by atomic mass is 15.1. The van der Waals surface area contributed by atoms with Crippen molar-refractivity contribution in [2.45, 2.75) is 46.8 Å². The molecule has 0 atom stereocenters. The van der Waals surface area contributed by atoms with Crippen molar-refractivity contribution >= 4 is 0 Å². The second-order valence-electron chi connectivity index (χ2n) is 5.94. The molecular weight excluding hydrogens is 220 g/mol. The number of hydrogen-bond donors (Lipinski definition) is 1. The molecule has 0 unspecified atom stereocenters. The maximum Gasteiger partial charge on any atom is 0.0230 e. The second-order valence-corrected chi connectivity index (χ2v) is 5.94. The predicted molar refractivity (Wildman–Crippen MR) is 79.6 cm³/mol. The van der Waals surface area contributed by atoms with Crippen LogP contribution >= 0.6 is 0 Å². The van der Waals surface area contributed by atoms with E-state index in [-0.39, 0.29) is 0 Å². The van der Waals surface area contributed by atoms with Gasteiger partial charge in [-0.25, -0.2) is 0 Å². The summed E-state index contributed by atoms with van der Waals surface area (Å²) in [6.45, 7) is 12.0. The molecule has 1 N–H and O–H groups in total. The summed E-state index contributed by atoms with van der Waals surface area (Å²) in [5, 5.41) is 3.44. The Morgan fingerprint density at radius 3 is 2.06 bits per heavy atom. The fraction of sp³-hybridized carbons (Fsp3) is 0.625. The van der Waals surface area contributed by atoms with Gasteiger partial charge in [0.15, 0.2) is 0 Å². The standard InChI is InChI=1S/C16H28N2/c1-13(2)11-18(5)12-16-8-6-15(7-9-16)10-17-14(3)4/h6-9,13-14,17H,10-12H2,1-5H3. The summed E-state index contributed by atoms with van der Waals surface area (Å²) in [6.07, 6.45) is 0. The zero-order valence-electron chi connectivity index (χ0n) is 12.5. The minimum absolute atomic E-state index is 0.543. The molecule has 0 heterocycles. The molecule has 1 aromatic rings. The first-order chi connectivity index (χ1) is 8.47. The van der Waals surface area contributed by atoms with Gasteiger partial charge >= 0.3 is 0 Å². The van der Waals surface area contributed by atoms with Crippen LogP contribution in [0.4, 0.5) is 0 Å². The van der Waals surface area contributed by atoms with E-state index in [0.29, 0.717) is 6.04 Å². The van der Waals surface area contributed by atoms with Crippen LogP contribution in [0.2, 0.25) is 0 Å². The number of benzene rings is 1. The Labute approximate surface area is 112 Å². The third kappa shape index (κ3) is 6.18. The fourth-order valence-corrected chi connectivity index (χ4v) is 2.08. The van der Waals surface area contributed by atoms with Crippen LogP contribution in [0, 0.1) is 5.92 Å². The predicted octanol–water partition coefficient (Wildman–Crippen LogP) is 3.27. The normalized spacial score (nSPS) is 11.8. The lowest BCUT2D eigenvalue weighted by Crippen LogP contribution is -2.23. The topological polar surface area (TPSA) is 15.3 Å². The van der Waals surface area contributed by atoms with Gasteiger partial charge in [0.2, 0.25) is 0 Å². The Bertz CT molecular complexity index is 327. The van der Waals surface area contributed by atoms with Gasteiger partial charge in [0.05, 0.1) is 0 Å². The molecule has 0 aliphatic carbocycles. The Hall–Kier alpha value is -0.860. The molecule has 2 nitrogen and oxygen atoms in total. The van der Waals surface area contributed by atoms with Gasteiger partial charge in [-0.15, -0.1) is 0 Å². The van der Waals surface area contributed by atoms with E-state index in [0.717, 1.165) is 25.6 Å². The van der Waals surface area contributed by atoms with Crippen LogP contribution in [0.25, 0.3) is 0 Å². The second kappa shape index (κ2) is 7.55. The van der Waals surface area contributed by atoms with Gasteiger partial charge in [0, 0.05) is 25.7 Å². The van der Waals surface area contributed by atoms with E-state index in [4.69, 9.17) is 0 Å². The molecule has 0 bridgehead atoms. The van der Waals surface area contributed by atoms with Crippen LogP contribution in [0.15, 0.2) is 24.3 Å². The van der Waals surface area contributed by atoms with Crippen molar-refractivity contribution in [1.82, 2.24) is 10.2 Å². The molecule has 0 aromatic heterocycles. The van der Waals surface area contributed by atoms with Crippen LogP contribution in [-0.4, -0.2) is 24.5 Å². The summed E-state index contributed by atoms with van der Waals surface area (Å²) in [4.78, 5) is 2.38. The highest BCUT2D eigenvalue weighted by Gasteiger charge is 2.03. The van der Waals surface area contributed by atoms with Crippen molar-refractivity contribution in [2.24, 2.45) is 5.92 Å². The summed E-state index contributed by atoms with van der Waals surface area (Å²) in [7, 11) is 2.19. The molecule has 0 aliphatic rings. The van der Waals surface area contributed by atoms with Gasteiger partial charge in [0.1, 0.15) is 0 Å². The van der Waals surface area contributed by atoms with Crippen molar-refractivity contribution in [3.63, 3.8) is 0 Å². The number of hydrogen-bond acceptors (Lipinski definition) is 2. The molecule has 2 heteroatoms. The van der Waals surface area contributed by atoms with Crippen LogP contribution < -0.4 is 5.32 Å². The lowest BCUT2D eigenvalue weighted by molar-refractivity contribution is 0.288. The largest absolute Gasteiger partial charge is 0.310 e. The van der Waals surface area contributed by atoms with E-state index in [1.807, 2.05) is 0 Å². The lowest BCUT2D eigenvalue weighted by Gasteiger charge is -2.19. The van der Waals surface area contributed by atoms with Crippen LogP contribution in [0.1, 0.15) is 38.8 Å². The fourth-order valence-electron chi connectivity index (χ4n) is 2.08. The molecule has 0 saturated heterocycles. The maximum absolute atomic E-state index is 3.44. The van der Waals surface area contributed by atoms with E-state index in [9.17, 15) is 0 Å². The molecule has 0 radical (unpaired) electrons. The van der Waals surface area contributed by atoms with Gasteiger partial charge in [-0.05, 0) is 24.1 Å². The summed E-state index contributed by atoms with van der Waals surface area (Å²) in [5.41, 5.74) is 2.76. The van der Waals surface area contributed by atoms with Crippen molar-refractivity contribution in [3.8, 4) is 0 Å². The third-order valence-corrected chi connectivity index (χ3v) is 2.87. The Balaban J connectivity index is 2.44. The summed E-state index contributed by atoms with van der Waals surface area (Å²) < 4.78 is 0. The molecular formula is C16H28N2. The van der Waals surface area contributed by atoms with Crippen LogP contribution in [-0.2, 0) is 13.1 Å². The third-order valence-electron chi connectivity index (χ3n) is 2.87. The number of nitrogens with one attached hydrogen (secondary N) is 1. The molecule has 1 aromatic carbocycles. The van der Waals surface area contributed by atoms with Gasteiger partial charge in [-0.1, -0.05) is 52.0 Å². The van der Waals surface area contributed by atoms with Crippen molar-refractivity contribution in [3.05, 3.63) is 35.4 Å². The lowest BCUT2D eigenvalue weighted by atomic mass is 10.1. The highest BCUT2D eigenvalue weighted by molar-refractivity contribution is 5.22. The first kappa shape index (κ1) is 15.2. The van der Waals surface area contributed by atoms with Crippen molar-refractivity contribution in [2.75, 3.05) is 13.6 Å².